The molecule has 0 bridgehead atoms. The van der Waals surface area contributed by atoms with Crippen LogP contribution in [0.15, 0.2) is 44.0 Å². The van der Waals surface area contributed by atoms with Crippen LogP contribution in [0.3, 0.4) is 0 Å². The van der Waals surface area contributed by atoms with Crippen molar-refractivity contribution >= 4 is 37.5 Å². The van der Waals surface area contributed by atoms with E-state index in [4.69, 9.17) is 4.42 Å². The largest absolute Gasteiger partial charge is 0.453 e. The molecular formula is C19H15BrN2O2S. The Labute approximate surface area is 156 Å². The van der Waals surface area contributed by atoms with Crippen molar-refractivity contribution in [2.24, 2.45) is 0 Å². The molecule has 6 heteroatoms. The van der Waals surface area contributed by atoms with E-state index in [-0.39, 0.29) is 5.56 Å². The van der Waals surface area contributed by atoms with Gasteiger partial charge in [-0.15, -0.1) is 11.3 Å². The maximum Gasteiger partial charge on any atom is 0.260 e. The van der Waals surface area contributed by atoms with Crippen LogP contribution in [0.1, 0.15) is 16.0 Å². The zero-order valence-corrected chi connectivity index (χ0v) is 16.3. The second-order valence-corrected chi connectivity index (χ2v) is 8.12. The zero-order valence-electron chi connectivity index (χ0n) is 13.9. The lowest BCUT2D eigenvalue weighted by Gasteiger charge is -2.03. The van der Waals surface area contributed by atoms with Crippen LogP contribution in [0, 0.1) is 20.8 Å². The lowest BCUT2D eigenvalue weighted by atomic mass is 10.1. The van der Waals surface area contributed by atoms with Crippen molar-refractivity contribution < 1.29 is 4.42 Å². The van der Waals surface area contributed by atoms with Gasteiger partial charge in [0.15, 0.2) is 11.6 Å². The highest BCUT2D eigenvalue weighted by Gasteiger charge is 2.15. The number of halogens is 1. The molecule has 1 N–H and O–H groups in total. The zero-order chi connectivity index (χ0) is 17.7. The number of hydrogen-bond acceptors (Lipinski definition) is 4. The number of nitrogens with zero attached hydrogens (tertiary/aromatic N) is 1. The summed E-state index contributed by atoms with van der Waals surface area (Å²) in [6.45, 7) is 5.99. The van der Waals surface area contributed by atoms with Crippen molar-refractivity contribution in [2.75, 3.05) is 0 Å². The molecule has 0 saturated heterocycles. The minimum absolute atomic E-state index is 0.125. The van der Waals surface area contributed by atoms with Crippen LogP contribution in [0.4, 0.5) is 0 Å². The molecule has 25 heavy (non-hydrogen) atoms. The van der Waals surface area contributed by atoms with Gasteiger partial charge in [-0.3, -0.25) is 4.79 Å². The molecule has 4 nitrogen and oxygen atoms in total. The number of aryl methyl sites for hydroxylation is 3. The van der Waals surface area contributed by atoms with E-state index in [1.807, 2.05) is 51.1 Å². The van der Waals surface area contributed by atoms with E-state index in [9.17, 15) is 4.79 Å². The Morgan fingerprint density at radius 3 is 2.64 bits per heavy atom. The number of nitrogens with one attached hydrogen (secondary N) is 1. The van der Waals surface area contributed by atoms with E-state index in [2.05, 4.69) is 25.9 Å². The molecule has 0 unspecified atom stereocenters. The molecule has 0 aliphatic rings. The molecule has 126 valence electrons. The SMILES string of the molecule is Cc1cc(Br)ccc1-c1ccc(-c2nc3sc(C)c(C)c3c(=O)[nH]2)o1. The Morgan fingerprint density at radius 1 is 1.12 bits per heavy atom. The summed E-state index contributed by atoms with van der Waals surface area (Å²) in [5, 5.41) is 0.668. The van der Waals surface area contributed by atoms with Crippen LogP contribution < -0.4 is 5.56 Å². The Kier molecular flexibility index (Phi) is 3.89. The van der Waals surface area contributed by atoms with Crippen molar-refractivity contribution in [1.29, 1.82) is 0 Å². The van der Waals surface area contributed by atoms with Crippen LogP contribution >= 0.6 is 27.3 Å². The summed E-state index contributed by atoms with van der Waals surface area (Å²) >= 11 is 5.00. The third kappa shape index (κ3) is 2.75. The van der Waals surface area contributed by atoms with Gasteiger partial charge in [0.05, 0.1) is 5.39 Å². The molecule has 0 spiro atoms. The highest BCUT2D eigenvalue weighted by atomic mass is 79.9. The van der Waals surface area contributed by atoms with Gasteiger partial charge < -0.3 is 9.40 Å². The van der Waals surface area contributed by atoms with Crippen LogP contribution in [0.5, 0.6) is 0 Å². The number of rotatable bonds is 2. The van der Waals surface area contributed by atoms with Crippen LogP contribution in [0.2, 0.25) is 0 Å². The fourth-order valence-electron chi connectivity index (χ4n) is 2.88. The first-order valence-corrected chi connectivity index (χ1v) is 9.42. The number of fused-ring (bicyclic) bond motifs is 1. The third-order valence-corrected chi connectivity index (χ3v) is 5.93. The van der Waals surface area contributed by atoms with Gasteiger partial charge in [0.2, 0.25) is 0 Å². The molecule has 0 saturated carbocycles. The molecule has 1 aromatic carbocycles. The number of furan rings is 1. The molecule has 0 amide bonds. The monoisotopic (exact) mass is 414 g/mol. The van der Waals surface area contributed by atoms with Crippen LogP contribution in [-0.2, 0) is 0 Å². The number of thiophene rings is 1. The van der Waals surface area contributed by atoms with Crippen molar-refractivity contribution in [2.45, 2.75) is 20.8 Å². The van der Waals surface area contributed by atoms with Gasteiger partial charge in [0.25, 0.3) is 5.56 Å². The first-order chi connectivity index (χ1) is 11.9. The predicted molar refractivity (Wildman–Crippen MR) is 105 cm³/mol. The Hall–Kier alpha value is -2.18. The normalized spacial score (nSPS) is 11.4. The van der Waals surface area contributed by atoms with Crippen molar-refractivity contribution in [1.82, 2.24) is 9.97 Å². The van der Waals surface area contributed by atoms with Crippen molar-refractivity contribution in [3.8, 4) is 22.9 Å². The van der Waals surface area contributed by atoms with E-state index in [0.29, 0.717) is 17.0 Å². The molecule has 3 heterocycles. The Bertz CT molecular complexity index is 1170. The smallest absolute Gasteiger partial charge is 0.260 e. The van der Waals surface area contributed by atoms with Gasteiger partial charge in [-0.05, 0) is 62.2 Å². The molecule has 0 aliphatic heterocycles. The quantitative estimate of drug-likeness (QED) is 0.464. The summed E-state index contributed by atoms with van der Waals surface area (Å²) in [6.07, 6.45) is 0. The van der Waals surface area contributed by atoms with Crippen LogP contribution in [0.25, 0.3) is 33.1 Å². The third-order valence-electron chi connectivity index (χ3n) is 4.33. The lowest BCUT2D eigenvalue weighted by molar-refractivity contribution is 0.592. The molecule has 4 aromatic rings. The molecule has 0 fully saturated rings. The molecule has 4 rings (SSSR count). The van der Waals surface area contributed by atoms with Gasteiger partial charge >= 0.3 is 0 Å². The molecule has 0 aliphatic carbocycles. The van der Waals surface area contributed by atoms with E-state index in [0.717, 1.165) is 36.6 Å². The maximum atomic E-state index is 12.4. The standard InChI is InChI=1S/C19H15BrN2O2S/c1-9-8-12(20)4-5-13(9)14-6-7-15(24-14)17-21-18(23)16-10(2)11(3)25-19(16)22-17/h4-8H,1-3H3,(H,21,22,23). The summed E-state index contributed by atoms with van der Waals surface area (Å²) in [6, 6.07) is 9.77. The molecule has 0 atom stereocenters. The summed E-state index contributed by atoms with van der Waals surface area (Å²) in [5.41, 5.74) is 2.99. The van der Waals surface area contributed by atoms with Crippen LogP contribution in [-0.4, -0.2) is 9.97 Å². The number of aromatic nitrogens is 2. The number of aromatic amines is 1. The topological polar surface area (TPSA) is 58.9 Å². The second kappa shape index (κ2) is 5.97. The molecular weight excluding hydrogens is 400 g/mol. The fraction of sp³-hybridized carbons (Fsp3) is 0.158. The number of hydrogen-bond donors (Lipinski definition) is 1. The average molecular weight is 415 g/mol. The minimum atomic E-state index is -0.125. The van der Waals surface area contributed by atoms with Gasteiger partial charge in [0.1, 0.15) is 10.6 Å². The Balaban J connectivity index is 1.82. The van der Waals surface area contributed by atoms with Crippen molar-refractivity contribution in [3.63, 3.8) is 0 Å². The highest BCUT2D eigenvalue weighted by molar-refractivity contribution is 9.10. The highest BCUT2D eigenvalue weighted by Crippen LogP contribution is 2.32. The van der Waals surface area contributed by atoms with Gasteiger partial charge in [-0.1, -0.05) is 15.9 Å². The second-order valence-electron chi connectivity index (χ2n) is 6.00. The van der Waals surface area contributed by atoms with E-state index >= 15 is 0 Å². The van der Waals surface area contributed by atoms with Gasteiger partial charge in [-0.25, -0.2) is 4.98 Å². The average Bonchev–Trinajstić information content (AvgIpc) is 3.13. The first kappa shape index (κ1) is 16.3. The lowest BCUT2D eigenvalue weighted by Crippen LogP contribution is -2.08. The van der Waals surface area contributed by atoms with E-state index < -0.39 is 0 Å². The summed E-state index contributed by atoms with van der Waals surface area (Å²) in [4.78, 5) is 21.7. The minimum Gasteiger partial charge on any atom is -0.453 e. The van der Waals surface area contributed by atoms with Crippen molar-refractivity contribution in [3.05, 3.63) is 61.2 Å². The maximum absolute atomic E-state index is 12.4. The predicted octanol–water partition coefficient (Wildman–Crippen LogP) is 5.60. The fourth-order valence-corrected chi connectivity index (χ4v) is 4.39. The van der Waals surface area contributed by atoms with Gasteiger partial charge in [0, 0.05) is 14.9 Å². The Morgan fingerprint density at radius 2 is 1.88 bits per heavy atom. The number of benzene rings is 1. The van der Waals surface area contributed by atoms with E-state index in [1.165, 1.54) is 11.3 Å². The summed E-state index contributed by atoms with van der Waals surface area (Å²) in [7, 11) is 0. The van der Waals surface area contributed by atoms with E-state index in [1.54, 1.807) is 0 Å². The number of H-pyrrole nitrogens is 1. The molecule has 3 aromatic heterocycles. The first-order valence-electron chi connectivity index (χ1n) is 7.81. The summed E-state index contributed by atoms with van der Waals surface area (Å²) < 4.78 is 7.00. The molecule has 0 radical (unpaired) electrons. The summed E-state index contributed by atoms with van der Waals surface area (Å²) in [5.74, 6) is 1.76. The van der Waals surface area contributed by atoms with Gasteiger partial charge in [-0.2, -0.15) is 0 Å².